The molecule has 0 amide bonds. The average Bonchev–Trinajstić information content (AvgIpc) is 3.05. The predicted molar refractivity (Wildman–Crippen MR) is 95.4 cm³/mol. The van der Waals surface area contributed by atoms with Crippen molar-refractivity contribution in [3.8, 4) is 0 Å². The van der Waals surface area contributed by atoms with Gasteiger partial charge < -0.3 is 5.32 Å². The highest BCUT2D eigenvalue weighted by Crippen LogP contribution is 2.53. The van der Waals surface area contributed by atoms with Crippen LogP contribution in [0.1, 0.15) is 40.6 Å². The van der Waals surface area contributed by atoms with E-state index in [0.717, 1.165) is 23.2 Å². The first-order valence-corrected chi connectivity index (χ1v) is 8.34. The van der Waals surface area contributed by atoms with Crippen LogP contribution in [0.5, 0.6) is 0 Å². The molecule has 4 nitrogen and oxygen atoms in total. The predicted octanol–water partition coefficient (Wildman–Crippen LogP) is 5.04. The molecular weight excluding hydrogens is 300 g/mol. The SMILES string of the molecule is Cc1ccc(C2Nc3c(C)ccc([N+](=O)[O-])c3[C@@H]3C=CC[C@H]23)cc1. The van der Waals surface area contributed by atoms with Gasteiger partial charge in [-0.05, 0) is 37.3 Å². The number of allylic oxidation sites excluding steroid dienone is 2. The fourth-order valence-electron chi connectivity index (χ4n) is 4.10. The van der Waals surface area contributed by atoms with Crippen molar-refractivity contribution in [1.29, 1.82) is 0 Å². The van der Waals surface area contributed by atoms with Gasteiger partial charge in [-0.25, -0.2) is 0 Å². The van der Waals surface area contributed by atoms with Gasteiger partial charge in [-0.1, -0.05) is 48.0 Å². The van der Waals surface area contributed by atoms with Gasteiger partial charge in [0, 0.05) is 17.7 Å². The number of hydrogen-bond donors (Lipinski definition) is 1. The lowest BCUT2D eigenvalue weighted by Crippen LogP contribution is -2.30. The van der Waals surface area contributed by atoms with Crippen molar-refractivity contribution in [3.05, 3.63) is 80.9 Å². The molecule has 2 aromatic carbocycles. The Morgan fingerprint density at radius 3 is 2.58 bits per heavy atom. The molecule has 1 N–H and O–H groups in total. The summed E-state index contributed by atoms with van der Waals surface area (Å²) in [5.74, 6) is 0.425. The molecule has 1 aliphatic heterocycles. The normalized spacial score (nSPS) is 24.2. The van der Waals surface area contributed by atoms with Crippen LogP contribution in [0.15, 0.2) is 48.6 Å². The minimum Gasteiger partial charge on any atom is -0.377 e. The van der Waals surface area contributed by atoms with Crippen LogP contribution in [-0.2, 0) is 0 Å². The lowest BCUT2D eigenvalue weighted by atomic mass is 9.75. The quantitative estimate of drug-likeness (QED) is 0.479. The Bertz CT molecular complexity index is 839. The zero-order valence-electron chi connectivity index (χ0n) is 13.8. The van der Waals surface area contributed by atoms with E-state index in [9.17, 15) is 10.1 Å². The summed E-state index contributed by atoms with van der Waals surface area (Å²) in [5, 5.41) is 15.1. The smallest absolute Gasteiger partial charge is 0.275 e. The van der Waals surface area contributed by atoms with Crippen molar-refractivity contribution in [2.45, 2.75) is 32.2 Å². The second-order valence-corrected chi connectivity index (χ2v) is 6.83. The summed E-state index contributed by atoms with van der Waals surface area (Å²) in [6, 6.07) is 12.3. The number of hydrogen-bond acceptors (Lipinski definition) is 3. The summed E-state index contributed by atoms with van der Waals surface area (Å²) in [6.45, 7) is 4.10. The van der Waals surface area contributed by atoms with Gasteiger partial charge in [-0.3, -0.25) is 10.1 Å². The van der Waals surface area contributed by atoms with Crippen LogP contribution < -0.4 is 5.32 Å². The minimum absolute atomic E-state index is 0.104. The number of aryl methyl sites for hydroxylation is 2. The summed E-state index contributed by atoms with van der Waals surface area (Å²) in [6.07, 6.45) is 5.26. The van der Waals surface area contributed by atoms with E-state index >= 15 is 0 Å². The molecule has 0 radical (unpaired) electrons. The minimum atomic E-state index is -0.255. The number of nitro benzene ring substituents is 1. The van der Waals surface area contributed by atoms with Crippen molar-refractivity contribution in [1.82, 2.24) is 0 Å². The maximum absolute atomic E-state index is 11.5. The summed E-state index contributed by atoms with van der Waals surface area (Å²) in [7, 11) is 0. The molecule has 1 heterocycles. The van der Waals surface area contributed by atoms with Crippen LogP contribution in [-0.4, -0.2) is 4.92 Å². The first-order valence-electron chi connectivity index (χ1n) is 8.34. The van der Waals surface area contributed by atoms with Gasteiger partial charge in [0.05, 0.1) is 16.5 Å². The fraction of sp³-hybridized carbons (Fsp3) is 0.300. The number of fused-ring (bicyclic) bond motifs is 3. The third-order valence-electron chi connectivity index (χ3n) is 5.34. The van der Waals surface area contributed by atoms with Crippen LogP contribution in [0, 0.1) is 29.9 Å². The molecule has 1 aliphatic carbocycles. The number of nitrogens with zero attached hydrogens (tertiary/aromatic N) is 1. The van der Waals surface area contributed by atoms with E-state index in [4.69, 9.17) is 0 Å². The Labute approximate surface area is 141 Å². The van der Waals surface area contributed by atoms with Gasteiger partial charge in [-0.2, -0.15) is 0 Å². The Morgan fingerprint density at radius 1 is 1.12 bits per heavy atom. The molecule has 0 aromatic heterocycles. The Morgan fingerprint density at radius 2 is 1.88 bits per heavy atom. The first-order chi connectivity index (χ1) is 11.6. The van der Waals surface area contributed by atoms with Crippen LogP contribution in [0.2, 0.25) is 0 Å². The average molecular weight is 320 g/mol. The summed E-state index contributed by atoms with van der Waals surface area (Å²) < 4.78 is 0. The zero-order valence-corrected chi connectivity index (χ0v) is 13.8. The molecule has 0 spiro atoms. The van der Waals surface area contributed by atoms with Crippen molar-refractivity contribution < 1.29 is 4.92 Å². The zero-order chi connectivity index (χ0) is 16.8. The van der Waals surface area contributed by atoms with Crippen LogP contribution >= 0.6 is 0 Å². The Balaban J connectivity index is 1.86. The van der Waals surface area contributed by atoms with Crippen LogP contribution in [0.25, 0.3) is 0 Å². The maximum atomic E-state index is 11.5. The van der Waals surface area contributed by atoms with Gasteiger partial charge in [-0.15, -0.1) is 0 Å². The van der Waals surface area contributed by atoms with E-state index < -0.39 is 0 Å². The van der Waals surface area contributed by atoms with Crippen molar-refractivity contribution in [2.24, 2.45) is 5.92 Å². The number of nitrogens with one attached hydrogen (secondary N) is 1. The third-order valence-corrected chi connectivity index (χ3v) is 5.34. The molecule has 3 atom stereocenters. The van der Waals surface area contributed by atoms with E-state index in [1.165, 1.54) is 11.1 Å². The first kappa shape index (κ1) is 14.9. The highest BCUT2D eigenvalue weighted by Gasteiger charge is 2.41. The molecule has 122 valence electrons. The van der Waals surface area contributed by atoms with Crippen LogP contribution in [0.4, 0.5) is 11.4 Å². The molecule has 4 rings (SSSR count). The van der Waals surface area contributed by atoms with E-state index in [-0.39, 0.29) is 22.6 Å². The third kappa shape index (κ3) is 2.21. The number of rotatable bonds is 2. The molecule has 0 saturated carbocycles. The maximum Gasteiger partial charge on any atom is 0.275 e. The molecule has 2 aromatic rings. The fourth-order valence-corrected chi connectivity index (χ4v) is 4.10. The van der Waals surface area contributed by atoms with Gasteiger partial charge in [0.1, 0.15) is 0 Å². The summed E-state index contributed by atoms with van der Waals surface area (Å²) >= 11 is 0. The van der Waals surface area contributed by atoms with Crippen molar-refractivity contribution in [2.75, 3.05) is 5.32 Å². The van der Waals surface area contributed by atoms with E-state index in [0.29, 0.717) is 5.92 Å². The molecule has 4 heteroatoms. The molecular formula is C20H20N2O2. The summed E-state index contributed by atoms with van der Waals surface area (Å²) in [4.78, 5) is 11.3. The van der Waals surface area contributed by atoms with E-state index in [2.05, 4.69) is 48.7 Å². The number of nitro groups is 1. The standard InChI is InChI=1S/C20H20N2O2/c1-12-6-9-14(10-7-12)20-16-5-3-4-15(16)18-17(22(23)24)11-8-13(2)19(18)21-20/h3-4,6-11,15-16,20-21H,5H2,1-2H3/t15-,16+,20?/m1/s1. The Hall–Kier alpha value is -2.62. The largest absolute Gasteiger partial charge is 0.377 e. The second-order valence-electron chi connectivity index (χ2n) is 6.83. The van der Waals surface area contributed by atoms with Gasteiger partial charge in [0.25, 0.3) is 5.69 Å². The molecule has 24 heavy (non-hydrogen) atoms. The summed E-state index contributed by atoms with van der Waals surface area (Å²) in [5.41, 5.74) is 5.56. The van der Waals surface area contributed by atoms with Crippen molar-refractivity contribution >= 4 is 11.4 Å². The van der Waals surface area contributed by atoms with Crippen molar-refractivity contribution in [3.63, 3.8) is 0 Å². The Kier molecular flexibility index (Phi) is 3.41. The molecule has 0 fully saturated rings. The second kappa shape index (κ2) is 5.48. The number of benzene rings is 2. The van der Waals surface area contributed by atoms with Crippen LogP contribution in [0.3, 0.4) is 0 Å². The molecule has 2 aliphatic rings. The highest BCUT2D eigenvalue weighted by molar-refractivity contribution is 5.70. The highest BCUT2D eigenvalue weighted by atomic mass is 16.6. The molecule has 1 unspecified atom stereocenters. The van der Waals surface area contributed by atoms with Gasteiger partial charge >= 0.3 is 0 Å². The monoisotopic (exact) mass is 320 g/mol. The van der Waals surface area contributed by atoms with E-state index in [1.807, 2.05) is 13.0 Å². The van der Waals surface area contributed by atoms with E-state index in [1.54, 1.807) is 6.07 Å². The molecule has 0 saturated heterocycles. The number of anilines is 1. The molecule has 0 bridgehead atoms. The topological polar surface area (TPSA) is 55.2 Å². The lowest BCUT2D eigenvalue weighted by molar-refractivity contribution is -0.385. The lowest BCUT2D eigenvalue weighted by Gasteiger charge is -2.38. The van der Waals surface area contributed by atoms with Gasteiger partial charge in [0.2, 0.25) is 0 Å². The van der Waals surface area contributed by atoms with Gasteiger partial charge in [0.15, 0.2) is 0 Å².